The maximum Gasteiger partial charge on any atom is 0.254 e. The molecule has 3 aromatic rings. The molecule has 0 unspecified atom stereocenters. The predicted molar refractivity (Wildman–Crippen MR) is 97.0 cm³/mol. The Morgan fingerprint density at radius 3 is 2.69 bits per heavy atom. The van der Waals surface area contributed by atoms with Crippen molar-refractivity contribution >= 4 is 5.91 Å². The second-order valence-electron chi connectivity index (χ2n) is 6.42. The van der Waals surface area contributed by atoms with Crippen LogP contribution in [0.15, 0.2) is 61.2 Å². The number of aryl methyl sites for hydroxylation is 1. The van der Waals surface area contributed by atoms with Gasteiger partial charge in [-0.05, 0) is 49.2 Å². The van der Waals surface area contributed by atoms with Crippen LogP contribution in [0.4, 0.5) is 0 Å². The molecule has 0 radical (unpaired) electrons. The van der Waals surface area contributed by atoms with E-state index in [9.17, 15) is 4.79 Å². The zero-order chi connectivity index (χ0) is 17.9. The Hall–Kier alpha value is -3.15. The zero-order valence-corrected chi connectivity index (χ0v) is 14.6. The molecule has 26 heavy (non-hydrogen) atoms. The number of nitrogens with zero attached hydrogens (tertiary/aromatic N) is 4. The minimum Gasteiger partial charge on any atom is -0.456 e. The van der Waals surface area contributed by atoms with Crippen LogP contribution in [-0.2, 0) is 7.05 Å². The molecule has 1 aliphatic rings. The summed E-state index contributed by atoms with van der Waals surface area (Å²) in [5.74, 6) is 1.40. The van der Waals surface area contributed by atoms with E-state index in [1.54, 1.807) is 17.1 Å². The number of benzene rings is 1. The number of carbonyl (C=O) groups excluding carboxylic acids is 1. The lowest BCUT2D eigenvalue weighted by atomic mass is 10.1. The van der Waals surface area contributed by atoms with Crippen LogP contribution in [0.1, 0.15) is 34.8 Å². The Balaban J connectivity index is 1.49. The third kappa shape index (κ3) is 3.31. The molecule has 1 atom stereocenters. The molecule has 0 saturated carbocycles. The number of ether oxygens (including phenoxy) is 1. The molecular formula is C20H20N4O2. The second kappa shape index (κ2) is 7.00. The van der Waals surface area contributed by atoms with E-state index >= 15 is 0 Å². The maximum atomic E-state index is 13.0. The van der Waals surface area contributed by atoms with E-state index in [-0.39, 0.29) is 11.9 Å². The van der Waals surface area contributed by atoms with E-state index in [2.05, 4.69) is 10.1 Å². The lowest BCUT2D eigenvalue weighted by Crippen LogP contribution is -2.30. The monoisotopic (exact) mass is 348 g/mol. The van der Waals surface area contributed by atoms with E-state index in [1.165, 1.54) is 0 Å². The van der Waals surface area contributed by atoms with Gasteiger partial charge in [-0.2, -0.15) is 5.10 Å². The minimum absolute atomic E-state index is 0.0456. The topological polar surface area (TPSA) is 60.2 Å². The molecule has 0 aliphatic carbocycles. The van der Waals surface area contributed by atoms with E-state index in [1.807, 2.05) is 60.7 Å². The maximum absolute atomic E-state index is 13.0. The average Bonchev–Trinajstić information content (AvgIpc) is 3.31. The largest absolute Gasteiger partial charge is 0.456 e. The van der Waals surface area contributed by atoms with Crippen LogP contribution < -0.4 is 4.74 Å². The molecule has 0 bridgehead atoms. The van der Waals surface area contributed by atoms with Crippen LogP contribution in [0.25, 0.3) is 0 Å². The molecule has 0 N–H and O–H groups in total. The molecule has 1 fully saturated rings. The van der Waals surface area contributed by atoms with Crippen molar-refractivity contribution in [2.75, 3.05) is 6.54 Å². The van der Waals surface area contributed by atoms with E-state index in [0.29, 0.717) is 17.1 Å². The van der Waals surface area contributed by atoms with Gasteiger partial charge >= 0.3 is 0 Å². The fourth-order valence-electron chi connectivity index (χ4n) is 3.34. The number of carbonyl (C=O) groups is 1. The summed E-state index contributed by atoms with van der Waals surface area (Å²) in [5, 5.41) is 4.24. The highest BCUT2D eigenvalue weighted by molar-refractivity contribution is 5.94. The lowest BCUT2D eigenvalue weighted by Gasteiger charge is -2.24. The first-order valence-electron chi connectivity index (χ1n) is 8.68. The Bertz CT molecular complexity index is 890. The molecule has 132 valence electrons. The van der Waals surface area contributed by atoms with Crippen molar-refractivity contribution in [1.82, 2.24) is 19.7 Å². The number of likely N-dealkylation sites (tertiary alicyclic amines) is 1. The van der Waals surface area contributed by atoms with Gasteiger partial charge < -0.3 is 9.64 Å². The molecule has 6 heteroatoms. The third-order valence-corrected chi connectivity index (χ3v) is 4.59. The van der Waals surface area contributed by atoms with Gasteiger partial charge in [-0.1, -0.05) is 0 Å². The first-order chi connectivity index (χ1) is 12.7. The number of rotatable bonds is 4. The van der Waals surface area contributed by atoms with Gasteiger partial charge in [-0.15, -0.1) is 0 Å². The lowest BCUT2D eigenvalue weighted by molar-refractivity contribution is 0.0735. The molecule has 0 spiro atoms. The summed E-state index contributed by atoms with van der Waals surface area (Å²) in [5.41, 5.74) is 1.76. The van der Waals surface area contributed by atoms with E-state index < -0.39 is 0 Å². The van der Waals surface area contributed by atoms with E-state index in [4.69, 9.17) is 4.74 Å². The third-order valence-electron chi connectivity index (χ3n) is 4.59. The number of aromatic nitrogens is 3. The molecule has 2 aromatic heterocycles. The number of hydrogen-bond acceptors (Lipinski definition) is 4. The van der Waals surface area contributed by atoms with Crippen LogP contribution in [0, 0.1) is 0 Å². The van der Waals surface area contributed by atoms with Crippen molar-refractivity contribution in [2.45, 2.75) is 18.9 Å². The smallest absolute Gasteiger partial charge is 0.254 e. The molecule has 4 rings (SSSR count). The Morgan fingerprint density at radius 2 is 2.00 bits per heavy atom. The van der Waals surface area contributed by atoms with Crippen LogP contribution in [0.5, 0.6) is 11.5 Å². The molecule has 1 aliphatic heterocycles. The highest BCUT2D eigenvalue weighted by Gasteiger charge is 2.31. The Labute approximate surface area is 152 Å². The molecule has 6 nitrogen and oxygen atoms in total. The van der Waals surface area contributed by atoms with Gasteiger partial charge in [0.2, 0.25) is 0 Å². The summed E-state index contributed by atoms with van der Waals surface area (Å²) in [4.78, 5) is 18.9. The predicted octanol–water partition coefficient (Wildman–Crippen LogP) is 3.58. The van der Waals surface area contributed by atoms with Gasteiger partial charge in [0, 0.05) is 37.1 Å². The quantitative estimate of drug-likeness (QED) is 0.723. The fraction of sp³-hybridized carbons (Fsp3) is 0.250. The van der Waals surface area contributed by atoms with Crippen molar-refractivity contribution in [2.24, 2.45) is 7.05 Å². The first-order valence-corrected chi connectivity index (χ1v) is 8.68. The Morgan fingerprint density at radius 1 is 1.15 bits per heavy atom. The Kier molecular flexibility index (Phi) is 4.39. The van der Waals surface area contributed by atoms with Gasteiger partial charge in [0.15, 0.2) is 0 Å². The van der Waals surface area contributed by atoms with Crippen molar-refractivity contribution in [3.05, 3.63) is 72.3 Å². The molecule has 1 amide bonds. The number of hydrogen-bond donors (Lipinski definition) is 0. The summed E-state index contributed by atoms with van der Waals surface area (Å²) in [6, 6.07) is 11.0. The molecular weight excluding hydrogens is 328 g/mol. The van der Waals surface area contributed by atoms with Crippen molar-refractivity contribution in [1.29, 1.82) is 0 Å². The van der Waals surface area contributed by atoms with Crippen molar-refractivity contribution < 1.29 is 9.53 Å². The van der Waals surface area contributed by atoms with Crippen LogP contribution in [-0.4, -0.2) is 32.1 Å². The van der Waals surface area contributed by atoms with Gasteiger partial charge in [0.25, 0.3) is 5.91 Å². The minimum atomic E-state index is 0.0456. The molecule has 3 heterocycles. The summed E-state index contributed by atoms with van der Waals surface area (Å²) in [6.07, 6.45) is 9.17. The second-order valence-corrected chi connectivity index (χ2v) is 6.42. The van der Waals surface area contributed by atoms with Gasteiger partial charge in [-0.3, -0.25) is 14.5 Å². The fourth-order valence-corrected chi connectivity index (χ4v) is 3.34. The highest BCUT2D eigenvalue weighted by Crippen LogP contribution is 2.33. The van der Waals surface area contributed by atoms with Crippen molar-refractivity contribution in [3.8, 4) is 11.5 Å². The van der Waals surface area contributed by atoms with Crippen LogP contribution >= 0.6 is 0 Å². The van der Waals surface area contributed by atoms with Gasteiger partial charge in [0.1, 0.15) is 11.5 Å². The van der Waals surface area contributed by atoms with Crippen LogP contribution in [0.3, 0.4) is 0 Å². The summed E-state index contributed by atoms with van der Waals surface area (Å²) in [7, 11) is 1.89. The van der Waals surface area contributed by atoms with Crippen molar-refractivity contribution in [3.63, 3.8) is 0 Å². The highest BCUT2D eigenvalue weighted by atomic mass is 16.5. The standard InChI is InChI=1S/C20H20N4O2/c1-23-14-16(12-22-23)19-5-3-11-24(19)20(25)15-6-8-17(9-7-15)26-18-4-2-10-21-13-18/h2,4,6-10,12-14,19H,3,5,11H2,1H3/t19-/m1/s1. The zero-order valence-electron chi connectivity index (χ0n) is 14.6. The van der Waals surface area contributed by atoms with Gasteiger partial charge in [-0.25, -0.2) is 0 Å². The van der Waals surface area contributed by atoms with Gasteiger partial charge in [0.05, 0.1) is 18.4 Å². The summed E-state index contributed by atoms with van der Waals surface area (Å²) < 4.78 is 7.51. The average molecular weight is 348 g/mol. The normalized spacial score (nSPS) is 16.7. The first kappa shape index (κ1) is 16.3. The summed E-state index contributed by atoms with van der Waals surface area (Å²) in [6.45, 7) is 0.770. The number of pyridine rings is 1. The number of amides is 1. The summed E-state index contributed by atoms with van der Waals surface area (Å²) >= 11 is 0. The van der Waals surface area contributed by atoms with Crippen LogP contribution in [0.2, 0.25) is 0 Å². The molecule has 1 saturated heterocycles. The molecule has 1 aromatic carbocycles. The SMILES string of the molecule is Cn1cc([C@H]2CCCN2C(=O)c2ccc(Oc3cccnc3)cc2)cn1. The van der Waals surface area contributed by atoms with E-state index in [0.717, 1.165) is 24.9 Å².